The second kappa shape index (κ2) is 7.95. The van der Waals surface area contributed by atoms with E-state index in [1.54, 1.807) is 10.9 Å². The maximum atomic E-state index is 11.8. The van der Waals surface area contributed by atoms with Crippen LogP contribution in [0, 0.1) is 0 Å². The van der Waals surface area contributed by atoms with Crippen LogP contribution in [0.15, 0.2) is 41.0 Å². The SMILES string of the molecule is CNCCCC(=O)Nc1ccnn1Cc1ccc(Br)cc1. The Kier molecular flexibility index (Phi) is 5.95. The van der Waals surface area contributed by atoms with Crippen molar-refractivity contribution in [3.8, 4) is 0 Å². The zero-order chi connectivity index (χ0) is 15.1. The third kappa shape index (κ3) is 4.99. The molecular weight excluding hydrogens is 332 g/mol. The number of rotatable bonds is 7. The summed E-state index contributed by atoms with van der Waals surface area (Å²) in [6.45, 7) is 1.47. The smallest absolute Gasteiger partial charge is 0.225 e. The molecule has 1 aromatic heterocycles. The molecule has 112 valence electrons. The topological polar surface area (TPSA) is 59.0 Å². The zero-order valence-corrected chi connectivity index (χ0v) is 13.6. The van der Waals surface area contributed by atoms with Gasteiger partial charge in [-0.2, -0.15) is 5.10 Å². The number of halogens is 1. The molecule has 0 unspecified atom stereocenters. The first-order valence-corrected chi connectivity index (χ1v) is 7.69. The highest BCUT2D eigenvalue weighted by Crippen LogP contribution is 2.14. The lowest BCUT2D eigenvalue weighted by Crippen LogP contribution is -2.17. The first kappa shape index (κ1) is 15.7. The number of anilines is 1. The number of benzene rings is 1. The second-order valence-electron chi connectivity index (χ2n) is 4.76. The van der Waals surface area contributed by atoms with Crippen LogP contribution in [0.4, 0.5) is 5.82 Å². The molecule has 6 heteroatoms. The molecule has 2 rings (SSSR count). The molecule has 21 heavy (non-hydrogen) atoms. The van der Waals surface area contributed by atoms with Crippen LogP contribution in [-0.4, -0.2) is 29.3 Å². The van der Waals surface area contributed by atoms with E-state index in [2.05, 4.69) is 31.7 Å². The van der Waals surface area contributed by atoms with E-state index in [0.29, 0.717) is 13.0 Å². The highest BCUT2D eigenvalue weighted by atomic mass is 79.9. The lowest BCUT2D eigenvalue weighted by molar-refractivity contribution is -0.116. The number of nitrogens with zero attached hydrogens (tertiary/aromatic N) is 2. The molecule has 2 aromatic rings. The Morgan fingerprint density at radius 1 is 1.29 bits per heavy atom. The van der Waals surface area contributed by atoms with Crippen molar-refractivity contribution in [2.45, 2.75) is 19.4 Å². The number of hydrogen-bond acceptors (Lipinski definition) is 3. The van der Waals surface area contributed by atoms with Crippen molar-refractivity contribution in [2.75, 3.05) is 18.9 Å². The minimum absolute atomic E-state index is 0.0165. The van der Waals surface area contributed by atoms with Gasteiger partial charge >= 0.3 is 0 Å². The Bertz CT molecular complexity index is 580. The molecule has 0 saturated carbocycles. The van der Waals surface area contributed by atoms with E-state index in [4.69, 9.17) is 0 Å². The van der Waals surface area contributed by atoms with Gasteiger partial charge in [-0.3, -0.25) is 4.79 Å². The van der Waals surface area contributed by atoms with Crippen molar-refractivity contribution in [1.29, 1.82) is 0 Å². The molecule has 0 aliphatic carbocycles. The number of aromatic nitrogens is 2. The summed E-state index contributed by atoms with van der Waals surface area (Å²) < 4.78 is 2.84. The number of carbonyl (C=O) groups excluding carboxylic acids is 1. The maximum absolute atomic E-state index is 11.8. The molecule has 1 aromatic carbocycles. The molecule has 1 amide bonds. The van der Waals surface area contributed by atoms with Gasteiger partial charge in [0.05, 0.1) is 12.7 Å². The van der Waals surface area contributed by atoms with E-state index < -0.39 is 0 Å². The summed E-state index contributed by atoms with van der Waals surface area (Å²) in [4.78, 5) is 11.8. The maximum Gasteiger partial charge on any atom is 0.225 e. The van der Waals surface area contributed by atoms with Gasteiger partial charge < -0.3 is 10.6 Å². The van der Waals surface area contributed by atoms with Crippen molar-refractivity contribution in [3.05, 3.63) is 46.6 Å². The monoisotopic (exact) mass is 350 g/mol. The predicted molar refractivity (Wildman–Crippen MR) is 87.3 cm³/mol. The number of amides is 1. The minimum Gasteiger partial charge on any atom is -0.320 e. The van der Waals surface area contributed by atoms with Gasteiger partial charge in [-0.15, -0.1) is 0 Å². The molecule has 0 saturated heterocycles. The van der Waals surface area contributed by atoms with Crippen LogP contribution in [0.3, 0.4) is 0 Å². The molecule has 2 N–H and O–H groups in total. The second-order valence-corrected chi connectivity index (χ2v) is 5.67. The van der Waals surface area contributed by atoms with E-state index in [9.17, 15) is 4.79 Å². The molecule has 0 spiro atoms. The summed E-state index contributed by atoms with van der Waals surface area (Å²) in [5.74, 6) is 0.746. The lowest BCUT2D eigenvalue weighted by Gasteiger charge is -2.09. The Labute approximate surface area is 132 Å². The Hall–Kier alpha value is -1.66. The number of carbonyl (C=O) groups is 1. The van der Waals surface area contributed by atoms with Gasteiger partial charge in [0.15, 0.2) is 0 Å². The standard InChI is InChI=1S/C15H19BrN4O/c1-17-9-2-3-15(21)19-14-8-10-18-20(14)11-12-4-6-13(16)7-5-12/h4-8,10,17H,2-3,9,11H2,1H3,(H,19,21). The fourth-order valence-corrected chi connectivity index (χ4v) is 2.22. The van der Waals surface area contributed by atoms with Gasteiger partial charge in [-0.05, 0) is 37.7 Å². The van der Waals surface area contributed by atoms with Crippen LogP contribution in [0.2, 0.25) is 0 Å². The molecule has 0 bridgehead atoms. The summed E-state index contributed by atoms with van der Waals surface area (Å²) >= 11 is 3.42. The Morgan fingerprint density at radius 3 is 2.76 bits per heavy atom. The molecule has 0 fully saturated rings. The third-order valence-electron chi connectivity index (χ3n) is 3.06. The van der Waals surface area contributed by atoms with Gasteiger partial charge in [-0.25, -0.2) is 4.68 Å². The van der Waals surface area contributed by atoms with Crippen LogP contribution in [-0.2, 0) is 11.3 Å². The predicted octanol–water partition coefficient (Wildman–Crippen LogP) is 2.63. The average molecular weight is 351 g/mol. The quantitative estimate of drug-likeness (QED) is 0.754. The van der Waals surface area contributed by atoms with Gasteiger partial charge in [-0.1, -0.05) is 28.1 Å². The zero-order valence-electron chi connectivity index (χ0n) is 12.0. The van der Waals surface area contributed by atoms with Crippen molar-refractivity contribution in [3.63, 3.8) is 0 Å². The summed E-state index contributed by atoms with van der Waals surface area (Å²) in [7, 11) is 1.88. The van der Waals surface area contributed by atoms with Crippen molar-refractivity contribution in [2.24, 2.45) is 0 Å². The van der Waals surface area contributed by atoms with E-state index in [1.807, 2.05) is 37.4 Å². The molecule has 1 heterocycles. The van der Waals surface area contributed by atoms with E-state index in [1.165, 1.54) is 0 Å². The van der Waals surface area contributed by atoms with Crippen molar-refractivity contribution < 1.29 is 4.79 Å². The molecule has 0 atom stereocenters. The van der Waals surface area contributed by atoms with Crippen LogP contribution < -0.4 is 10.6 Å². The fraction of sp³-hybridized carbons (Fsp3) is 0.333. The van der Waals surface area contributed by atoms with Crippen LogP contribution in [0.1, 0.15) is 18.4 Å². The Morgan fingerprint density at radius 2 is 2.05 bits per heavy atom. The average Bonchev–Trinajstić information content (AvgIpc) is 2.89. The van der Waals surface area contributed by atoms with Crippen LogP contribution >= 0.6 is 15.9 Å². The summed E-state index contributed by atoms with van der Waals surface area (Å²) in [5, 5.41) is 10.2. The highest BCUT2D eigenvalue weighted by molar-refractivity contribution is 9.10. The lowest BCUT2D eigenvalue weighted by atomic mass is 10.2. The van der Waals surface area contributed by atoms with Crippen LogP contribution in [0.5, 0.6) is 0 Å². The first-order chi connectivity index (χ1) is 10.2. The normalized spacial score (nSPS) is 10.6. The fourth-order valence-electron chi connectivity index (χ4n) is 1.96. The molecule has 5 nitrogen and oxygen atoms in total. The third-order valence-corrected chi connectivity index (χ3v) is 3.59. The first-order valence-electron chi connectivity index (χ1n) is 6.90. The number of nitrogens with one attached hydrogen (secondary N) is 2. The van der Waals surface area contributed by atoms with Gasteiger partial charge in [0, 0.05) is 17.0 Å². The minimum atomic E-state index is 0.0165. The van der Waals surface area contributed by atoms with Gasteiger partial charge in [0.25, 0.3) is 0 Å². The Balaban J connectivity index is 1.95. The molecular formula is C15H19BrN4O. The largest absolute Gasteiger partial charge is 0.320 e. The van der Waals surface area contributed by atoms with Crippen LogP contribution in [0.25, 0.3) is 0 Å². The van der Waals surface area contributed by atoms with E-state index in [-0.39, 0.29) is 5.91 Å². The van der Waals surface area contributed by atoms with E-state index in [0.717, 1.165) is 28.8 Å². The van der Waals surface area contributed by atoms with Gasteiger partial charge in [0.2, 0.25) is 5.91 Å². The summed E-state index contributed by atoms with van der Waals surface area (Å²) in [5.41, 5.74) is 1.13. The summed E-state index contributed by atoms with van der Waals surface area (Å²) in [6.07, 6.45) is 3.02. The van der Waals surface area contributed by atoms with Crippen molar-refractivity contribution >= 4 is 27.7 Å². The number of hydrogen-bond donors (Lipinski definition) is 2. The molecule has 0 aliphatic rings. The summed E-state index contributed by atoms with van der Waals surface area (Å²) in [6, 6.07) is 9.87. The van der Waals surface area contributed by atoms with E-state index >= 15 is 0 Å². The molecule has 0 aliphatic heterocycles. The van der Waals surface area contributed by atoms with Crippen molar-refractivity contribution in [1.82, 2.24) is 15.1 Å². The highest BCUT2D eigenvalue weighted by Gasteiger charge is 2.07. The van der Waals surface area contributed by atoms with Gasteiger partial charge in [0.1, 0.15) is 5.82 Å². The molecule has 0 radical (unpaired) electrons.